The molecule has 34 heavy (non-hydrogen) atoms. The number of nitrogens with zero attached hydrogens (tertiary/aromatic N) is 1. The largest absolute Gasteiger partial charge is 0.342 e. The first-order chi connectivity index (χ1) is 16.2. The van der Waals surface area contributed by atoms with Crippen molar-refractivity contribution in [3.05, 3.63) is 95.3 Å². The summed E-state index contributed by atoms with van der Waals surface area (Å²) in [6.45, 7) is 5.95. The second kappa shape index (κ2) is 9.79. The third-order valence-corrected chi connectivity index (χ3v) is 7.13. The molecule has 4 aromatic rings. The predicted octanol–water partition coefficient (Wildman–Crippen LogP) is 4.48. The number of imidazole rings is 1. The van der Waals surface area contributed by atoms with Crippen LogP contribution in [0.2, 0.25) is 0 Å². The van der Waals surface area contributed by atoms with E-state index in [1.54, 1.807) is 13.0 Å². The Balaban J connectivity index is 1.56. The van der Waals surface area contributed by atoms with Crippen molar-refractivity contribution in [1.82, 2.24) is 20.0 Å². The Morgan fingerprint density at radius 3 is 2.41 bits per heavy atom. The number of rotatable bonds is 8. The molecule has 8 heteroatoms. The maximum Gasteiger partial charge on any atom is 0.252 e. The van der Waals surface area contributed by atoms with Crippen molar-refractivity contribution < 1.29 is 13.2 Å². The number of nitrogens with one attached hydrogen (secondary N) is 3. The Labute approximate surface area is 199 Å². The number of carbonyl (C=O) groups is 1. The number of fused-ring (bicyclic) bond motifs is 1. The normalized spacial score (nSPS) is 12.7. The number of aromatic amines is 1. The Morgan fingerprint density at radius 2 is 1.71 bits per heavy atom. The number of carbonyl (C=O) groups excluding carboxylic acids is 1. The molecule has 1 aromatic heterocycles. The molecular formula is C26H28N4O3S. The van der Waals surface area contributed by atoms with Crippen LogP contribution in [0.25, 0.3) is 11.0 Å². The first-order valence-corrected chi connectivity index (χ1v) is 12.6. The minimum absolute atomic E-state index is 0.0454. The zero-order valence-electron chi connectivity index (χ0n) is 19.4. The molecule has 0 aliphatic carbocycles. The van der Waals surface area contributed by atoms with Crippen molar-refractivity contribution in [3.8, 4) is 0 Å². The van der Waals surface area contributed by atoms with Crippen LogP contribution in [0.3, 0.4) is 0 Å². The highest BCUT2D eigenvalue weighted by molar-refractivity contribution is 7.89. The molecule has 4 rings (SSSR count). The lowest BCUT2D eigenvalue weighted by Gasteiger charge is -2.21. The van der Waals surface area contributed by atoms with E-state index in [9.17, 15) is 13.2 Å². The van der Waals surface area contributed by atoms with Gasteiger partial charge >= 0.3 is 0 Å². The molecule has 176 valence electrons. The molecule has 7 nitrogen and oxygen atoms in total. The second-order valence-corrected chi connectivity index (χ2v) is 10.4. The topological polar surface area (TPSA) is 104 Å². The zero-order valence-corrected chi connectivity index (χ0v) is 20.2. The van der Waals surface area contributed by atoms with E-state index in [1.807, 2.05) is 68.4 Å². The molecule has 0 saturated heterocycles. The molecule has 0 bridgehead atoms. The maximum atomic E-state index is 13.3. The summed E-state index contributed by atoms with van der Waals surface area (Å²) in [7, 11) is -3.79. The third kappa shape index (κ3) is 5.18. The number of aryl methyl sites for hydroxylation is 1. The minimum Gasteiger partial charge on any atom is -0.342 e. The highest BCUT2D eigenvalue weighted by Crippen LogP contribution is 2.24. The van der Waals surface area contributed by atoms with E-state index in [0.717, 1.165) is 16.6 Å². The van der Waals surface area contributed by atoms with Gasteiger partial charge in [0.25, 0.3) is 5.91 Å². The van der Waals surface area contributed by atoms with Crippen molar-refractivity contribution in [2.24, 2.45) is 5.92 Å². The molecule has 1 atom stereocenters. The van der Waals surface area contributed by atoms with Gasteiger partial charge in [-0.1, -0.05) is 62.4 Å². The number of aromatic nitrogens is 2. The summed E-state index contributed by atoms with van der Waals surface area (Å²) in [5.74, 6) is 0.372. The van der Waals surface area contributed by atoms with Crippen molar-refractivity contribution in [1.29, 1.82) is 0 Å². The molecule has 3 N–H and O–H groups in total. The number of para-hydroxylation sites is 2. The van der Waals surface area contributed by atoms with E-state index in [-0.39, 0.29) is 29.3 Å². The number of hydrogen-bond donors (Lipinski definition) is 3. The fourth-order valence-electron chi connectivity index (χ4n) is 3.76. The second-order valence-electron chi connectivity index (χ2n) is 8.62. The van der Waals surface area contributed by atoms with E-state index in [1.165, 1.54) is 12.1 Å². The van der Waals surface area contributed by atoms with Crippen LogP contribution in [-0.4, -0.2) is 24.3 Å². The van der Waals surface area contributed by atoms with Crippen molar-refractivity contribution in [2.45, 2.75) is 38.3 Å². The fourth-order valence-corrected chi connectivity index (χ4v) is 4.80. The van der Waals surface area contributed by atoms with Crippen LogP contribution >= 0.6 is 0 Å². The van der Waals surface area contributed by atoms with Gasteiger partial charge < -0.3 is 10.3 Å². The average Bonchev–Trinajstić information content (AvgIpc) is 3.25. The summed E-state index contributed by atoms with van der Waals surface area (Å²) >= 11 is 0. The van der Waals surface area contributed by atoms with Crippen LogP contribution < -0.4 is 10.0 Å². The van der Waals surface area contributed by atoms with E-state index < -0.39 is 10.0 Å². The first kappa shape index (κ1) is 23.7. The van der Waals surface area contributed by atoms with Crippen LogP contribution in [0.15, 0.2) is 77.7 Å². The molecule has 1 unspecified atom stereocenters. The number of amides is 1. The van der Waals surface area contributed by atoms with Crippen LogP contribution in [0.1, 0.15) is 47.2 Å². The Hall–Kier alpha value is -3.49. The lowest BCUT2D eigenvalue weighted by atomic mass is 10.0. The third-order valence-electron chi connectivity index (χ3n) is 5.73. The van der Waals surface area contributed by atoms with Gasteiger partial charge in [-0.15, -0.1) is 0 Å². The first-order valence-electron chi connectivity index (χ1n) is 11.1. The number of benzene rings is 3. The monoisotopic (exact) mass is 476 g/mol. The molecule has 1 amide bonds. The number of sulfonamides is 1. The van der Waals surface area contributed by atoms with E-state index in [4.69, 9.17) is 0 Å². The highest BCUT2D eigenvalue weighted by Gasteiger charge is 2.24. The van der Waals surface area contributed by atoms with Gasteiger partial charge in [0.1, 0.15) is 5.82 Å². The van der Waals surface area contributed by atoms with E-state index >= 15 is 0 Å². The van der Waals surface area contributed by atoms with Gasteiger partial charge in [-0.2, -0.15) is 0 Å². The molecule has 0 aliphatic rings. The molecule has 0 saturated carbocycles. The molecule has 3 aromatic carbocycles. The summed E-state index contributed by atoms with van der Waals surface area (Å²) in [5.41, 5.74) is 3.56. The quantitative estimate of drug-likeness (QED) is 0.349. The lowest BCUT2D eigenvalue weighted by Crippen LogP contribution is -2.33. The summed E-state index contributed by atoms with van der Waals surface area (Å²) in [6, 6.07) is 21.2. The van der Waals surface area contributed by atoms with Gasteiger partial charge in [-0.3, -0.25) is 4.79 Å². The van der Waals surface area contributed by atoms with Crippen LogP contribution in [0, 0.1) is 12.8 Å². The summed E-state index contributed by atoms with van der Waals surface area (Å²) in [4.78, 5) is 21.2. The van der Waals surface area contributed by atoms with E-state index in [2.05, 4.69) is 20.0 Å². The van der Waals surface area contributed by atoms with Gasteiger partial charge in [0.05, 0.1) is 22.0 Å². The molecule has 1 heterocycles. The van der Waals surface area contributed by atoms with Gasteiger partial charge in [-0.05, 0) is 48.2 Å². The summed E-state index contributed by atoms with van der Waals surface area (Å²) < 4.78 is 28.4. The summed E-state index contributed by atoms with van der Waals surface area (Å²) in [6.07, 6.45) is 0. The van der Waals surface area contributed by atoms with Gasteiger partial charge in [0, 0.05) is 12.1 Å². The summed E-state index contributed by atoms with van der Waals surface area (Å²) in [5, 5.41) is 3.04. The van der Waals surface area contributed by atoms with Crippen LogP contribution in [0.4, 0.5) is 0 Å². The molecule has 0 aliphatic heterocycles. The molecule has 0 radical (unpaired) electrons. The average molecular weight is 477 g/mol. The molecule has 0 fully saturated rings. The van der Waals surface area contributed by atoms with Crippen molar-refractivity contribution in [2.75, 3.05) is 0 Å². The Kier molecular flexibility index (Phi) is 6.81. The van der Waals surface area contributed by atoms with Crippen molar-refractivity contribution in [3.63, 3.8) is 0 Å². The standard InChI is InChI=1S/C26H28N4O3S/c1-17(2)24(25-28-22-11-7-8-12-23(22)29-25)30-26(31)21-15-20(14-13-18(21)3)34(32,33)27-16-19-9-5-4-6-10-19/h4-15,17,24,27H,16H2,1-3H3,(H,28,29)(H,30,31). The Bertz CT molecular complexity index is 1380. The number of hydrogen-bond acceptors (Lipinski definition) is 4. The molecule has 0 spiro atoms. The van der Waals surface area contributed by atoms with Crippen LogP contribution in [0.5, 0.6) is 0 Å². The SMILES string of the molecule is Cc1ccc(S(=O)(=O)NCc2ccccc2)cc1C(=O)NC(c1nc2ccccc2[nH]1)C(C)C. The smallest absolute Gasteiger partial charge is 0.252 e. The predicted molar refractivity (Wildman–Crippen MR) is 133 cm³/mol. The zero-order chi connectivity index (χ0) is 24.3. The Morgan fingerprint density at radius 1 is 1.00 bits per heavy atom. The molecular weight excluding hydrogens is 448 g/mol. The van der Waals surface area contributed by atoms with E-state index in [0.29, 0.717) is 17.0 Å². The van der Waals surface area contributed by atoms with Gasteiger partial charge in [0.15, 0.2) is 0 Å². The minimum atomic E-state index is -3.79. The fraction of sp³-hybridized carbons (Fsp3) is 0.231. The van der Waals surface area contributed by atoms with Crippen molar-refractivity contribution >= 4 is 27.0 Å². The highest BCUT2D eigenvalue weighted by atomic mass is 32.2. The van der Waals surface area contributed by atoms with Gasteiger partial charge in [0.2, 0.25) is 10.0 Å². The van der Waals surface area contributed by atoms with Crippen LogP contribution in [-0.2, 0) is 16.6 Å². The lowest BCUT2D eigenvalue weighted by molar-refractivity contribution is 0.0922. The number of H-pyrrole nitrogens is 1. The maximum absolute atomic E-state index is 13.3. The van der Waals surface area contributed by atoms with Gasteiger partial charge in [-0.25, -0.2) is 18.1 Å².